The summed E-state index contributed by atoms with van der Waals surface area (Å²) in [6, 6.07) is 9.81. The van der Waals surface area contributed by atoms with Crippen LogP contribution in [0.25, 0.3) is 4.96 Å². The van der Waals surface area contributed by atoms with Gasteiger partial charge in [-0.1, -0.05) is 31.2 Å². The third kappa shape index (κ3) is 4.53. The molecule has 136 valence electrons. The molecule has 1 atom stereocenters. The number of fused-ring (bicyclic) bond motifs is 1. The van der Waals surface area contributed by atoms with Crippen molar-refractivity contribution < 1.29 is 4.79 Å². The van der Waals surface area contributed by atoms with Gasteiger partial charge in [0.15, 0.2) is 4.96 Å². The SMILES string of the molecule is CCc1ccc([C@H](C)NC(=O)CSCc2cc(=O)n3ccsc3n2)cc1. The van der Waals surface area contributed by atoms with Crippen LogP contribution in [0, 0.1) is 0 Å². The van der Waals surface area contributed by atoms with E-state index in [9.17, 15) is 9.59 Å². The normalized spacial score (nSPS) is 12.2. The molecule has 7 heteroatoms. The van der Waals surface area contributed by atoms with Gasteiger partial charge < -0.3 is 5.32 Å². The lowest BCUT2D eigenvalue weighted by Crippen LogP contribution is -2.28. The van der Waals surface area contributed by atoms with E-state index >= 15 is 0 Å². The molecule has 1 aromatic carbocycles. The Hall–Kier alpha value is -2.12. The fourth-order valence-electron chi connectivity index (χ4n) is 2.62. The van der Waals surface area contributed by atoms with Gasteiger partial charge in [-0.3, -0.25) is 14.0 Å². The molecule has 0 unspecified atom stereocenters. The number of benzene rings is 1. The minimum Gasteiger partial charge on any atom is -0.349 e. The fourth-order valence-corrected chi connectivity index (χ4v) is 4.09. The summed E-state index contributed by atoms with van der Waals surface area (Å²) in [5.41, 5.74) is 3.01. The summed E-state index contributed by atoms with van der Waals surface area (Å²) in [6.07, 6.45) is 2.72. The number of hydrogen-bond acceptors (Lipinski definition) is 5. The maximum Gasteiger partial charge on any atom is 0.258 e. The highest BCUT2D eigenvalue weighted by atomic mass is 32.2. The van der Waals surface area contributed by atoms with Gasteiger partial charge >= 0.3 is 0 Å². The van der Waals surface area contributed by atoms with Gasteiger partial charge in [-0.15, -0.1) is 23.1 Å². The zero-order valence-electron chi connectivity index (χ0n) is 14.8. The van der Waals surface area contributed by atoms with Gasteiger partial charge in [-0.25, -0.2) is 4.98 Å². The first-order valence-corrected chi connectivity index (χ1v) is 10.5. The van der Waals surface area contributed by atoms with Crippen LogP contribution in [-0.2, 0) is 17.0 Å². The van der Waals surface area contributed by atoms with Crippen molar-refractivity contribution in [2.24, 2.45) is 0 Å². The quantitative estimate of drug-likeness (QED) is 0.675. The van der Waals surface area contributed by atoms with Crippen LogP contribution in [-0.4, -0.2) is 21.0 Å². The van der Waals surface area contributed by atoms with Gasteiger partial charge in [-0.2, -0.15) is 0 Å². The molecule has 3 aromatic rings. The number of carbonyl (C=O) groups is 1. The molecule has 0 saturated carbocycles. The number of thioether (sulfide) groups is 1. The van der Waals surface area contributed by atoms with Gasteiger partial charge in [0, 0.05) is 23.4 Å². The number of carbonyl (C=O) groups excluding carboxylic acids is 1. The van der Waals surface area contributed by atoms with Crippen molar-refractivity contribution in [3.8, 4) is 0 Å². The van der Waals surface area contributed by atoms with E-state index in [1.807, 2.05) is 12.3 Å². The van der Waals surface area contributed by atoms with E-state index in [4.69, 9.17) is 0 Å². The second-order valence-electron chi connectivity index (χ2n) is 6.02. The maximum atomic E-state index is 12.2. The molecule has 0 aliphatic heterocycles. The molecule has 2 heterocycles. The first-order valence-electron chi connectivity index (χ1n) is 8.48. The van der Waals surface area contributed by atoms with E-state index in [-0.39, 0.29) is 17.5 Å². The average molecular weight is 388 g/mol. The second kappa shape index (κ2) is 8.51. The lowest BCUT2D eigenvalue weighted by molar-refractivity contribution is -0.119. The van der Waals surface area contributed by atoms with E-state index in [0.29, 0.717) is 22.2 Å². The lowest BCUT2D eigenvalue weighted by Gasteiger charge is -2.14. The zero-order valence-corrected chi connectivity index (χ0v) is 16.4. The molecule has 0 radical (unpaired) electrons. The number of thiazole rings is 1. The first kappa shape index (κ1) is 18.7. The predicted octanol–water partition coefficient (Wildman–Crippen LogP) is 3.43. The Morgan fingerprint density at radius 2 is 2.12 bits per heavy atom. The van der Waals surface area contributed by atoms with E-state index in [1.165, 1.54) is 39.1 Å². The number of hydrogen-bond donors (Lipinski definition) is 1. The van der Waals surface area contributed by atoms with Crippen molar-refractivity contribution in [1.29, 1.82) is 0 Å². The minimum atomic E-state index is -0.0829. The lowest BCUT2D eigenvalue weighted by atomic mass is 10.1. The van der Waals surface area contributed by atoms with Crippen LogP contribution in [0.1, 0.15) is 36.7 Å². The molecule has 0 bridgehead atoms. The monoisotopic (exact) mass is 387 g/mol. The van der Waals surface area contributed by atoms with Gasteiger partial charge in [0.05, 0.1) is 17.5 Å². The molecule has 5 nitrogen and oxygen atoms in total. The zero-order chi connectivity index (χ0) is 18.5. The van der Waals surface area contributed by atoms with Gasteiger partial charge in [-0.05, 0) is 24.5 Å². The van der Waals surface area contributed by atoms with E-state index < -0.39 is 0 Å². The van der Waals surface area contributed by atoms with Crippen molar-refractivity contribution in [2.75, 3.05) is 5.75 Å². The smallest absolute Gasteiger partial charge is 0.258 e. The Bertz CT molecular complexity index is 947. The number of aryl methyl sites for hydroxylation is 1. The summed E-state index contributed by atoms with van der Waals surface area (Å²) in [4.78, 5) is 29.2. The third-order valence-corrected chi connectivity index (χ3v) is 5.83. The van der Waals surface area contributed by atoms with Crippen molar-refractivity contribution >= 4 is 34.0 Å². The number of nitrogens with zero attached hydrogens (tertiary/aromatic N) is 2. The molecule has 0 spiro atoms. The van der Waals surface area contributed by atoms with Gasteiger partial charge in [0.25, 0.3) is 5.56 Å². The minimum absolute atomic E-state index is 0.0176. The Labute approximate surface area is 160 Å². The van der Waals surface area contributed by atoms with Crippen molar-refractivity contribution in [3.63, 3.8) is 0 Å². The summed E-state index contributed by atoms with van der Waals surface area (Å²) < 4.78 is 1.52. The molecule has 0 aliphatic carbocycles. The largest absolute Gasteiger partial charge is 0.349 e. The van der Waals surface area contributed by atoms with E-state index in [2.05, 4.69) is 41.5 Å². The molecule has 0 fully saturated rings. The summed E-state index contributed by atoms with van der Waals surface area (Å²) in [5, 5.41) is 4.85. The third-order valence-electron chi connectivity index (χ3n) is 4.10. The molecule has 3 rings (SSSR count). The van der Waals surface area contributed by atoms with Gasteiger partial charge in [0.2, 0.25) is 5.91 Å². The van der Waals surface area contributed by atoms with Crippen LogP contribution in [0.15, 0.2) is 46.7 Å². The molecule has 2 aromatic heterocycles. The summed E-state index contributed by atoms with van der Waals surface area (Å²) in [7, 11) is 0. The molecular weight excluding hydrogens is 366 g/mol. The van der Waals surface area contributed by atoms with Crippen molar-refractivity contribution in [3.05, 3.63) is 69.1 Å². The molecular formula is C19H21N3O2S2. The van der Waals surface area contributed by atoms with Crippen LogP contribution in [0.3, 0.4) is 0 Å². The molecule has 26 heavy (non-hydrogen) atoms. The second-order valence-corrected chi connectivity index (χ2v) is 7.88. The summed E-state index contributed by atoms with van der Waals surface area (Å²) in [6.45, 7) is 4.10. The summed E-state index contributed by atoms with van der Waals surface area (Å²) in [5.74, 6) is 0.857. The van der Waals surface area contributed by atoms with Crippen LogP contribution in [0.5, 0.6) is 0 Å². The first-order chi connectivity index (χ1) is 12.6. The van der Waals surface area contributed by atoms with Crippen molar-refractivity contribution in [2.45, 2.75) is 32.1 Å². The van der Waals surface area contributed by atoms with Gasteiger partial charge in [0.1, 0.15) is 0 Å². The highest BCUT2D eigenvalue weighted by Gasteiger charge is 2.10. The number of rotatable bonds is 7. The standard InChI is InChI=1S/C19H21N3O2S2/c1-3-14-4-6-15(7-5-14)13(2)20-17(23)12-25-11-16-10-18(24)22-8-9-26-19(22)21-16/h4-10,13H,3,11-12H2,1-2H3,(H,20,23)/t13-/m0/s1. The predicted molar refractivity (Wildman–Crippen MR) is 108 cm³/mol. The van der Waals surface area contributed by atoms with Crippen LogP contribution >= 0.6 is 23.1 Å². The van der Waals surface area contributed by atoms with E-state index in [0.717, 1.165) is 12.0 Å². The Morgan fingerprint density at radius 3 is 2.85 bits per heavy atom. The van der Waals surface area contributed by atoms with Crippen LogP contribution in [0.2, 0.25) is 0 Å². The number of aromatic nitrogens is 2. The molecule has 1 amide bonds. The highest BCUT2D eigenvalue weighted by molar-refractivity contribution is 7.99. The fraction of sp³-hybridized carbons (Fsp3) is 0.316. The van der Waals surface area contributed by atoms with E-state index in [1.54, 1.807) is 6.20 Å². The molecule has 0 aliphatic rings. The Kier molecular flexibility index (Phi) is 6.11. The molecule has 1 N–H and O–H groups in total. The topological polar surface area (TPSA) is 63.5 Å². The van der Waals surface area contributed by atoms with Crippen molar-refractivity contribution in [1.82, 2.24) is 14.7 Å². The van der Waals surface area contributed by atoms with Crippen LogP contribution in [0.4, 0.5) is 0 Å². The Morgan fingerprint density at radius 1 is 1.35 bits per heavy atom. The Balaban J connectivity index is 1.50. The average Bonchev–Trinajstić information content (AvgIpc) is 3.11. The highest BCUT2D eigenvalue weighted by Crippen LogP contribution is 2.15. The van der Waals surface area contributed by atoms with Crippen LogP contribution < -0.4 is 10.9 Å². The molecule has 0 saturated heterocycles. The number of nitrogens with one attached hydrogen (secondary N) is 1. The summed E-state index contributed by atoms with van der Waals surface area (Å²) >= 11 is 2.89. The number of amides is 1. The maximum absolute atomic E-state index is 12.2.